The first-order valence-electron chi connectivity index (χ1n) is 9.08. The second-order valence-electron chi connectivity index (χ2n) is 6.63. The van der Waals surface area contributed by atoms with Gasteiger partial charge in [-0.1, -0.05) is 42.5 Å². The highest BCUT2D eigenvalue weighted by atomic mass is 16.5. The molecule has 2 heterocycles. The first-order chi connectivity index (χ1) is 12.8. The Morgan fingerprint density at radius 3 is 2.58 bits per heavy atom. The maximum atomic E-state index is 5.83. The van der Waals surface area contributed by atoms with Gasteiger partial charge in [0.15, 0.2) is 0 Å². The molecule has 134 valence electrons. The first-order valence-corrected chi connectivity index (χ1v) is 9.08. The van der Waals surface area contributed by atoms with Gasteiger partial charge in [0, 0.05) is 20.0 Å². The Morgan fingerprint density at radius 2 is 1.81 bits per heavy atom. The standard InChI is InChI=1S/C21H23N3O2/c1-16-22-23-21(26-16)20-14-17-8-5-6-9-18(17)15-24(20)12-7-13-25-19-10-3-2-4-11-19/h2-6,8-11,20H,7,12-15H2,1H3. The molecule has 0 bridgehead atoms. The van der Waals surface area contributed by atoms with E-state index in [1.54, 1.807) is 0 Å². The van der Waals surface area contributed by atoms with Crippen LogP contribution in [0.1, 0.15) is 35.4 Å². The summed E-state index contributed by atoms with van der Waals surface area (Å²) in [6.07, 6.45) is 1.85. The van der Waals surface area contributed by atoms with E-state index in [0.29, 0.717) is 18.4 Å². The molecule has 3 aromatic rings. The van der Waals surface area contributed by atoms with Crippen molar-refractivity contribution in [3.05, 3.63) is 77.5 Å². The molecule has 5 nitrogen and oxygen atoms in total. The Balaban J connectivity index is 1.43. The lowest BCUT2D eigenvalue weighted by atomic mass is 9.93. The summed E-state index contributed by atoms with van der Waals surface area (Å²) < 4.78 is 11.6. The molecule has 1 atom stereocenters. The largest absolute Gasteiger partial charge is 0.494 e. The van der Waals surface area contributed by atoms with Crippen LogP contribution in [0.3, 0.4) is 0 Å². The van der Waals surface area contributed by atoms with Crippen LogP contribution in [0, 0.1) is 6.92 Å². The lowest BCUT2D eigenvalue weighted by molar-refractivity contribution is 0.135. The quantitative estimate of drug-likeness (QED) is 0.631. The van der Waals surface area contributed by atoms with E-state index >= 15 is 0 Å². The van der Waals surface area contributed by atoms with Crippen LogP contribution in [0.2, 0.25) is 0 Å². The molecule has 1 unspecified atom stereocenters. The second kappa shape index (κ2) is 7.70. The summed E-state index contributed by atoms with van der Waals surface area (Å²) in [5, 5.41) is 8.30. The summed E-state index contributed by atoms with van der Waals surface area (Å²) in [5.74, 6) is 2.24. The molecule has 2 aromatic carbocycles. The van der Waals surface area contributed by atoms with Crippen LogP contribution in [-0.2, 0) is 13.0 Å². The molecule has 1 aliphatic rings. The van der Waals surface area contributed by atoms with E-state index in [1.165, 1.54) is 11.1 Å². The zero-order chi connectivity index (χ0) is 17.8. The molecule has 0 fully saturated rings. The third kappa shape index (κ3) is 3.78. The summed E-state index contributed by atoms with van der Waals surface area (Å²) >= 11 is 0. The summed E-state index contributed by atoms with van der Waals surface area (Å²) in [5.41, 5.74) is 2.74. The molecule has 0 spiro atoms. The minimum atomic E-state index is 0.128. The van der Waals surface area contributed by atoms with Crippen LogP contribution in [0.5, 0.6) is 5.75 Å². The topological polar surface area (TPSA) is 51.4 Å². The predicted molar refractivity (Wildman–Crippen MR) is 98.9 cm³/mol. The Kier molecular flexibility index (Phi) is 4.97. The maximum absolute atomic E-state index is 5.83. The minimum absolute atomic E-state index is 0.128. The van der Waals surface area contributed by atoms with Gasteiger partial charge in [-0.05, 0) is 36.1 Å². The van der Waals surface area contributed by atoms with Gasteiger partial charge in [-0.15, -0.1) is 10.2 Å². The lowest BCUT2D eigenvalue weighted by Gasteiger charge is -2.34. The SMILES string of the molecule is Cc1nnc(C2Cc3ccccc3CN2CCCOc2ccccc2)o1. The van der Waals surface area contributed by atoms with Gasteiger partial charge in [-0.2, -0.15) is 0 Å². The fourth-order valence-electron chi connectivity index (χ4n) is 3.48. The van der Waals surface area contributed by atoms with E-state index in [0.717, 1.165) is 31.7 Å². The fourth-order valence-corrected chi connectivity index (χ4v) is 3.48. The van der Waals surface area contributed by atoms with Gasteiger partial charge in [0.1, 0.15) is 5.75 Å². The molecule has 5 heteroatoms. The van der Waals surface area contributed by atoms with Crippen molar-refractivity contribution in [1.82, 2.24) is 15.1 Å². The number of rotatable bonds is 6. The van der Waals surface area contributed by atoms with Gasteiger partial charge in [0.2, 0.25) is 11.8 Å². The maximum Gasteiger partial charge on any atom is 0.233 e. The normalized spacial score (nSPS) is 17.0. The van der Waals surface area contributed by atoms with Gasteiger partial charge in [0.25, 0.3) is 0 Å². The molecule has 1 aliphatic heterocycles. The highest BCUT2D eigenvalue weighted by Crippen LogP contribution is 2.32. The van der Waals surface area contributed by atoms with Gasteiger partial charge in [-0.3, -0.25) is 4.90 Å². The minimum Gasteiger partial charge on any atom is -0.494 e. The predicted octanol–water partition coefficient (Wildman–Crippen LogP) is 3.95. The van der Waals surface area contributed by atoms with E-state index < -0.39 is 0 Å². The van der Waals surface area contributed by atoms with E-state index in [-0.39, 0.29) is 6.04 Å². The third-order valence-corrected chi connectivity index (χ3v) is 4.77. The Bertz CT molecular complexity index is 847. The number of benzene rings is 2. The number of nitrogens with zero attached hydrogens (tertiary/aromatic N) is 3. The molecule has 0 N–H and O–H groups in total. The summed E-state index contributed by atoms with van der Waals surface area (Å²) in [7, 11) is 0. The Morgan fingerprint density at radius 1 is 1.04 bits per heavy atom. The number of hydrogen-bond donors (Lipinski definition) is 0. The average molecular weight is 349 g/mol. The van der Waals surface area contributed by atoms with Crippen LogP contribution in [0.25, 0.3) is 0 Å². The van der Waals surface area contributed by atoms with Gasteiger partial charge < -0.3 is 9.15 Å². The van der Waals surface area contributed by atoms with Crippen molar-refractivity contribution >= 4 is 0 Å². The average Bonchev–Trinajstić information content (AvgIpc) is 3.11. The molecule has 1 aromatic heterocycles. The highest BCUT2D eigenvalue weighted by molar-refractivity contribution is 5.30. The zero-order valence-electron chi connectivity index (χ0n) is 15.0. The van der Waals surface area contributed by atoms with Crippen molar-refractivity contribution in [2.24, 2.45) is 0 Å². The molecular formula is C21H23N3O2. The number of aryl methyl sites for hydroxylation is 1. The molecular weight excluding hydrogens is 326 g/mol. The fraction of sp³-hybridized carbons (Fsp3) is 0.333. The van der Waals surface area contributed by atoms with E-state index in [9.17, 15) is 0 Å². The molecule has 0 saturated carbocycles. The van der Waals surface area contributed by atoms with E-state index in [4.69, 9.17) is 9.15 Å². The van der Waals surface area contributed by atoms with Crippen LogP contribution in [-0.4, -0.2) is 28.2 Å². The van der Waals surface area contributed by atoms with Crippen molar-refractivity contribution in [2.75, 3.05) is 13.2 Å². The van der Waals surface area contributed by atoms with Crippen molar-refractivity contribution in [1.29, 1.82) is 0 Å². The second-order valence-corrected chi connectivity index (χ2v) is 6.63. The van der Waals surface area contributed by atoms with Crippen LogP contribution >= 0.6 is 0 Å². The van der Waals surface area contributed by atoms with E-state index in [1.807, 2.05) is 37.3 Å². The summed E-state index contributed by atoms with van der Waals surface area (Å²) in [6.45, 7) is 4.35. The van der Waals surface area contributed by atoms with Crippen LogP contribution in [0.15, 0.2) is 59.0 Å². The molecule has 0 saturated heterocycles. The molecule has 0 aliphatic carbocycles. The molecule has 0 radical (unpaired) electrons. The molecule has 26 heavy (non-hydrogen) atoms. The summed E-state index contributed by atoms with van der Waals surface area (Å²) in [6, 6.07) is 18.7. The highest BCUT2D eigenvalue weighted by Gasteiger charge is 2.30. The van der Waals surface area contributed by atoms with E-state index in [2.05, 4.69) is 39.4 Å². The van der Waals surface area contributed by atoms with Crippen LogP contribution in [0.4, 0.5) is 0 Å². The van der Waals surface area contributed by atoms with Crippen molar-refractivity contribution in [2.45, 2.75) is 32.4 Å². The van der Waals surface area contributed by atoms with Gasteiger partial charge in [0.05, 0.1) is 12.6 Å². The third-order valence-electron chi connectivity index (χ3n) is 4.77. The smallest absolute Gasteiger partial charge is 0.233 e. The van der Waals surface area contributed by atoms with Crippen LogP contribution < -0.4 is 4.74 Å². The summed E-state index contributed by atoms with van der Waals surface area (Å²) in [4.78, 5) is 2.42. The van der Waals surface area contributed by atoms with Gasteiger partial charge >= 0.3 is 0 Å². The van der Waals surface area contributed by atoms with Crippen molar-refractivity contribution in [3.63, 3.8) is 0 Å². The van der Waals surface area contributed by atoms with Crippen molar-refractivity contribution < 1.29 is 9.15 Å². The lowest BCUT2D eigenvalue weighted by Crippen LogP contribution is -2.35. The Hall–Kier alpha value is -2.66. The molecule has 4 rings (SSSR count). The zero-order valence-corrected chi connectivity index (χ0v) is 15.0. The number of para-hydroxylation sites is 1. The van der Waals surface area contributed by atoms with Gasteiger partial charge in [-0.25, -0.2) is 0 Å². The van der Waals surface area contributed by atoms with Crippen molar-refractivity contribution in [3.8, 4) is 5.75 Å². The number of hydrogen-bond acceptors (Lipinski definition) is 5. The molecule has 0 amide bonds. The monoisotopic (exact) mass is 349 g/mol. The number of fused-ring (bicyclic) bond motifs is 1. The number of ether oxygens (including phenoxy) is 1. The first kappa shape index (κ1) is 16.8. The Labute approximate surface area is 153 Å². The number of aromatic nitrogens is 2.